The van der Waals surface area contributed by atoms with Crippen LogP contribution in [0.4, 0.5) is 5.69 Å². The average molecular weight is 531 g/mol. The third-order valence-electron chi connectivity index (χ3n) is 8.72. The molecule has 3 atom stereocenters. The molecule has 1 saturated heterocycles. The summed E-state index contributed by atoms with van der Waals surface area (Å²) in [5, 5.41) is 0.904. The summed E-state index contributed by atoms with van der Waals surface area (Å²) in [7, 11) is 3.06. The topological polar surface area (TPSA) is 85.8 Å². The van der Waals surface area contributed by atoms with Gasteiger partial charge in [0.15, 0.2) is 28.8 Å². The van der Waals surface area contributed by atoms with Crippen molar-refractivity contribution < 1.29 is 23.9 Å². The van der Waals surface area contributed by atoms with Gasteiger partial charge in [-0.25, -0.2) is 0 Å². The number of hydrogen-bond acceptors (Lipinski definition) is 7. The Morgan fingerprint density at radius 2 is 1.65 bits per heavy atom. The monoisotopic (exact) mass is 530 g/mol. The number of rotatable bonds is 4. The van der Waals surface area contributed by atoms with Crippen molar-refractivity contribution in [3.05, 3.63) is 101 Å². The first kappa shape index (κ1) is 24.3. The zero-order valence-corrected chi connectivity index (χ0v) is 22.3. The Bertz CT molecular complexity index is 1760. The van der Waals surface area contributed by atoms with E-state index in [0.29, 0.717) is 33.7 Å². The van der Waals surface area contributed by atoms with Gasteiger partial charge in [0.05, 0.1) is 37.5 Å². The standard InChI is InChI=1S/C33H26N2O5/c1-18(36)28-26(23-11-6-12-24(39-2)30(23)40-3)33(31(37)21-9-4-5-10-22(21)32(33)38)25-16-15-20-14-13-19-8-7-17-34-27(19)29(20)35(25)28/h4-17,25-26,28H,1-3H3/t25?,26-,28-/m1/s1. The van der Waals surface area contributed by atoms with E-state index in [9.17, 15) is 14.4 Å². The molecule has 0 bridgehead atoms. The summed E-state index contributed by atoms with van der Waals surface area (Å²) >= 11 is 0. The molecular formula is C33H26N2O5. The quantitative estimate of drug-likeness (QED) is 0.332. The molecule has 0 radical (unpaired) electrons. The van der Waals surface area contributed by atoms with E-state index in [2.05, 4.69) is 0 Å². The SMILES string of the molecule is COc1cccc([C@@H]2[C@@H](C(C)=O)N3c4c(ccc5cccnc45)C=CC3C23C(=O)c2ccccc2C3=O)c1OC. The number of para-hydroxylation sites is 1. The minimum Gasteiger partial charge on any atom is -0.493 e. The maximum Gasteiger partial charge on any atom is 0.180 e. The summed E-state index contributed by atoms with van der Waals surface area (Å²) < 4.78 is 11.5. The van der Waals surface area contributed by atoms with Crippen molar-refractivity contribution in [1.29, 1.82) is 0 Å². The summed E-state index contributed by atoms with van der Waals surface area (Å²) in [4.78, 5) is 49.9. The third kappa shape index (κ3) is 2.89. The first-order valence-electron chi connectivity index (χ1n) is 13.2. The van der Waals surface area contributed by atoms with Crippen LogP contribution in [0, 0.1) is 5.41 Å². The van der Waals surface area contributed by atoms with Gasteiger partial charge >= 0.3 is 0 Å². The number of ketones is 3. The molecule has 3 aliphatic rings. The van der Waals surface area contributed by atoms with Crippen LogP contribution >= 0.6 is 0 Å². The Kier molecular flexibility index (Phi) is 5.23. The number of fused-ring (bicyclic) bond motifs is 7. The molecule has 2 aliphatic heterocycles. The van der Waals surface area contributed by atoms with E-state index in [1.54, 1.807) is 42.6 Å². The molecule has 1 aliphatic carbocycles. The van der Waals surface area contributed by atoms with Gasteiger partial charge in [0.25, 0.3) is 0 Å². The number of Topliss-reactive ketones (excluding diaryl/α,β-unsaturated/α-hetero) is 3. The van der Waals surface area contributed by atoms with E-state index in [-0.39, 0.29) is 17.3 Å². The van der Waals surface area contributed by atoms with Crippen molar-refractivity contribution in [2.75, 3.05) is 19.1 Å². The molecule has 0 amide bonds. The summed E-state index contributed by atoms with van der Waals surface area (Å²) in [5.41, 5.74) is 2.05. The second-order valence-electron chi connectivity index (χ2n) is 10.5. The first-order valence-corrected chi connectivity index (χ1v) is 13.2. The minimum atomic E-state index is -1.61. The zero-order chi connectivity index (χ0) is 27.8. The molecule has 1 fully saturated rings. The largest absolute Gasteiger partial charge is 0.493 e. The summed E-state index contributed by atoms with van der Waals surface area (Å²) in [6.07, 6.45) is 5.56. The van der Waals surface area contributed by atoms with E-state index in [1.165, 1.54) is 21.1 Å². The number of benzene rings is 3. The maximum absolute atomic E-state index is 14.7. The highest BCUT2D eigenvalue weighted by atomic mass is 16.5. The van der Waals surface area contributed by atoms with Gasteiger partial charge in [-0.3, -0.25) is 19.4 Å². The van der Waals surface area contributed by atoms with E-state index in [4.69, 9.17) is 14.5 Å². The van der Waals surface area contributed by atoms with Crippen LogP contribution in [-0.4, -0.2) is 48.6 Å². The lowest BCUT2D eigenvalue weighted by Crippen LogP contribution is -2.48. The Labute approximate surface area is 231 Å². The molecule has 7 heteroatoms. The molecule has 0 saturated carbocycles. The molecular weight excluding hydrogens is 504 g/mol. The third-order valence-corrected chi connectivity index (χ3v) is 8.72. The Morgan fingerprint density at radius 3 is 2.33 bits per heavy atom. The lowest BCUT2D eigenvalue weighted by atomic mass is 9.64. The van der Waals surface area contributed by atoms with Crippen LogP contribution in [-0.2, 0) is 4.79 Å². The molecule has 0 N–H and O–H groups in total. The van der Waals surface area contributed by atoms with E-state index in [1.807, 2.05) is 47.4 Å². The number of anilines is 1. The van der Waals surface area contributed by atoms with Crippen LogP contribution in [0.3, 0.4) is 0 Å². The molecule has 1 aromatic heterocycles. The van der Waals surface area contributed by atoms with Crippen molar-refractivity contribution in [3.8, 4) is 11.5 Å². The van der Waals surface area contributed by atoms with Gasteiger partial charge in [-0.15, -0.1) is 0 Å². The summed E-state index contributed by atoms with van der Waals surface area (Å²) in [5.74, 6) is -0.742. The highest BCUT2D eigenvalue weighted by Gasteiger charge is 2.71. The number of carbonyl (C=O) groups is 3. The lowest BCUT2D eigenvalue weighted by molar-refractivity contribution is -0.118. The molecule has 1 spiro atoms. The second kappa shape index (κ2) is 8.61. The van der Waals surface area contributed by atoms with Gasteiger partial charge in [0.1, 0.15) is 5.41 Å². The number of carbonyl (C=O) groups excluding carboxylic acids is 3. The molecule has 3 aromatic carbocycles. The van der Waals surface area contributed by atoms with Gasteiger partial charge in [0.2, 0.25) is 0 Å². The van der Waals surface area contributed by atoms with Crippen molar-refractivity contribution in [2.24, 2.45) is 5.41 Å². The van der Waals surface area contributed by atoms with Crippen LogP contribution < -0.4 is 14.4 Å². The molecule has 7 rings (SSSR count). The van der Waals surface area contributed by atoms with Crippen LogP contribution in [0.25, 0.3) is 17.0 Å². The van der Waals surface area contributed by atoms with Crippen molar-refractivity contribution in [3.63, 3.8) is 0 Å². The number of pyridine rings is 1. The Hall–Kier alpha value is -4.78. The predicted octanol–water partition coefficient (Wildman–Crippen LogP) is 5.27. The first-order chi connectivity index (χ1) is 19.4. The number of ether oxygens (including phenoxy) is 2. The van der Waals surface area contributed by atoms with Crippen LogP contribution in [0.1, 0.15) is 44.7 Å². The Balaban J connectivity index is 1.60. The molecule has 4 aromatic rings. The van der Waals surface area contributed by atoms with Gasteiger partial charge in [-0.1, -0.05) is 66.7 Å². The van der Waals surface area contributed by atoms with Crippen LogP contribution in [0.2, 0.25) is 0 Å². The molecule has 3 heterocycles. The summed E-state index contributed by atoms with van der Waals surface area (Å²) in [6.45, 7) is 1.52. The lowest BCUT2D eigenvalue weighted by Gasteiger charge is -2.37. The van der Waals surface area contributed by atoms with Gasteiger partial charge < -0.3 is 14.4 Å². The number of nitrogens with zero attached hydrogens (tertiary/aromatic N) is 2. The fourth-order valence-corrected chi connectivity index (χ4v) is 7.24. The van der Waals surface area contributed by atoms with Crippen molar-refractivity contribution >= 4 is 40.0 Å². The normalized spacial score (nSPS) is 21.9. The van der Waals surface area contributed by atoms with Crippen molar-refractivity contribution in [1.82, 2.24) is 4.98 Å². The zero-order valence-electron chi connectivity index (χ0n) is 22.3. The van der Waals surface area contributed by atoms with E-state index >= 15 is 0 Å². The fourth-order valence-electron chi connectivity index (χ4n) is 7.24. The van der Waals surface area contributed by atoms with E-state index in [0.717, 1.165) is 16.6 Å². The highest BCUT2D eigenvalue weighted by Crippen LogP contribution is 2.62. The second-order valence-corrected chi connectivity index (χ2v) is 10.5. The number of aromatic nitrogens is 1. The number of hydrogen-bond donors (Lipinski definition) is 0. The average Bonchev–Trinajstić information content (AvgIpc) is 3.42. The predicted molar refractivity (Wildman–Crippen MR) is 151 cm³/mol. The Morgan fingerprint density at radius 1 is 0.900 bits per heavy atom. The highest BCUT2D eigenvalue weighted by molar-refractivity contribution is 6.32. The van der Waals surface area contributed by atoms with Crippen LogP contribution in [0.5, 0.6) is 11.5 Å². The molecule has 1 unspecified atom stereocenters. The van der Waals surface area contributed by atoms with Gasteiger partial charge in [-0.05, 0) is 24.6 Å². The molecule has 40 heavy (non-hydrogen) atoms. The van der Waals surface area contributed by atoms with E-state index < -0.39 is 23.4 Å². The maximum atomic E-state index is 14.7. The van der Waals surface area contributed by atoms with Gasteiger partial charge in [0, 0.05) is 34.2 Å². The minimum absolute atomic E-state index is 0.164. The molecule has 7 nitrogen and oxygen atoms in total. The fraction of sp³-hybridized carbons (Fsp3) is 0.212. The molecule has 198 valence electrons. The van der Waals surface area contributed by atoms with Crippen molar-refractivity contribution in [2.45, 2.75) is 24.9 Å². The van der Waals surface area contributed by atoms with Gasteiger partial charge in [-0.2, -0.15) is 0 Å². The smallest absolute Gasteiger partial charge is 0.180 e. The summed E-state index contributed by atoms with van der Waals surface area (Å²) in [6, 6.07) is 18.6. The number of methoxy groups -OCH3 is 2. The van der Waals surface area contributed by atoms with Crippen LogP contribution in [0.15, 0.2) is 79.0 Å².